The number of Topliss-reactive ketones (excluding diaryl/α,β-unsaturated/α-hetero) is 1. The van der Waals surface area contributed by atoms with E-state index in [0.717, 1.165) is 18.4 Å². The first-order chi connectivity index (χ1) is 8.29. The third-order valence-corrected chi connectivity index (χ3v) is 2.51. The Bertz CT molecular complexity index is 435. The van der Waals surface area contributed by atoms with Crippen LogP contribution in [0.4, 0.5) is 0 Å². The molecular formula is C14H16O3. The van der Waals surface area contributed by atoms with Gasteiger partial charge >= 0.3 is 0 Å². The second kappa shape index (κ2) is 5.53. The van der Waals surface area contributed by atoms with Gasteiger partial charge in [-0.15, -0.1) is 0 Å². The molecule has 0 unspecified atom stereocenters. The van der Waals surface area contributed by atoms with Crippen LogP contribution in [0.25, 0.3) is 6.08 Å². The number of allylic oxidation sites excluding steroid dienone is 1. The number of carbonyl (C=O) groups is 1. The lowest BCUT2D eigenvalue weighted by molar-refractivity contribution is -0.122. The van der Waals surface area contributed by atoms with Crippen molar-refractivity contribution < 1.29 is 14.3 Å². The highest BCUT2D eigenvalue weighted by molar-refractivity contribution is 5.82. The third kappa shape index (κ3) is 3.09. The standard InChI is InChI=1S/C14H16O3/c1-2-3-4-5-11-6-7-13-14(8-11)17-10-12(15)9-16-13/h4-8H,2-3,9-10H2,1H3. The second-order valence-corrected chi connectivity index (χ2v) is 4.01. The summed E-state index contributed by atoms with van der Waals surface area (Å²) in [5.41, 5.74) is 1.06. The van der Waals surface area contributed by atoms with Crippen molar-refractivity contribution >= 4 is 11.9 Å². The van der Waals surface area contributed by atoms with Crippen LogP contribution in [0, 0.1) is 0 Å². The van der Waals surface area contributed by atoms with E-state index < -0.39 is 0 Å². The maximum absolute atomic E-state index is 11.2. The Labute approximate surface area is 101 Å². The van der Waals surface area contributed by atoms with E-state index in [2.05, 4.69) is 19.1 Å². The summed E-state index contributed by atoms with van der Waals surface area (Å²) in [7, 11) is 0. The van der Waals surface area contributed by atoms with Crippen molar-refractivity contribution in [3.8, 4) is 11.5 Å². The Morgan fingerprint density at radius 3 is 2.76 bits per heavy atom. The first-order valence-corrected chi connectivity index (χ1v) is 5.87. The van der Waals surface area contributed by atoms with Crippen LogP contribution in [0.2, 0.25) is 0 Å². The number of fused-ring (bicyclic) bond motifs is 1. The SMILES string of the molecule is CCCC=Cc1ccc2c(c1)OCC(=O)CO2. The van der Waals surface area contributed by atoms with Gasteiger partial charge < -0.3 is 9.47 Å². The van der Waals surface area contributed by atoms with Crippen LogP contribution in [-0.4, -0.2) is 19.0 Å². The maximum atomic E-state index is 11.2. The van der Waals surface area contributed by atoms with E-state index in [1.807, 2.05) is 18.2 Å². The lowest BCUT2D eigenvalue weighted by Crippen LogP contribution is -2.15. The molecule has 3 nitrogen and oxygen atoms in total. The molecule has 0 aromatic heterocycles. The number of hydrogen-bond donors (Lipinski definition) is 0. The molecule has 1 aromatic carbocycles. The predicted octanol–water partition coefficient (Wildman–Crippen LogP) is 2.84. The smallest absolute Gasteiger partial charge is 0.207 e. The quantitative estimate of drug-likeness (QED) is 0.803. The largest absolute Gasteiger partial charge is 0.482 e. The van der Waals surface area contributed by atoms with Crippen LogP contribution in [-0.2, 0) is 4.79 Å². The van der Waals surface area contributed by atoms with Gasteiger partial charge in [0.25, 0.3) is 0 Å². The lowest BCUT2D eigenvalue weighted by atomic mass is 10.1. The van der Waals surface area contributed by atoms with Crippen molar-refractivity contribution in [2.75, 3.05) is 13.2 Å². The van der Waals surface area contributed by atoms with Gasteiger partial charge in [-0.25, -0.2) is 0 Å². The number of ether oxygens (including phenoxy) is 2. The van der Waals surface area contributed by atoms with Crippen LogP contribution in [0.1, 0.15) is 25.3 Å². The molecule has 2 rings (SSSR count). The zero-order chi connectivity index (χ0) is 12.1. The Morgan fingerprint density at radius 2 is 2.00 bits per heavy atom. The average Bonchev–Trinajstić information content (AvgIpc) is 2.52. The number of carbonyl (C=O) groups excluding carboxylic acids is 1. The summed E-state index contributed by atoms with van der Waals surface area (Å²) < 4.78 is 10.7. The molecule has 0 atom stereocenters. The summed E-state index contributed by atoms with van der Waals surface area (Å²) >= 11 is 0. The van der Waals surface area contributed by atoms with Gasteiger partial charge in [0.05, 0.1) is 0 Å². The summed E-state index contributed by atoms with van der Waals surface area (Å²) in [5.74, 6) is 1.25. The molecule has 0 radical (unpaired) electrons. The van der Waals surface area contributed by atoms with Gasteiger partial charge in [-0.2, -0.15) is 0 Å². The average molecular weight is 232 g/mol. The first kappa shape index (κ1) is 11.7. The molecule has 0 amide bonds. The number of rotatable bonds is 3. The molecule has 1 aliphatic rings. The van der Waals surface area contributed by atoms with Crippen LogP contribution in [0.15, 0.2) is 24.3 Å². The zero-order valence-corrected chi connectivity index (χ0v) is 9.94. The van der Waals surface area contributed by atoms with Crippen molar-refractivity contribution in [2.24, 2.45) is 0 Å². The van der Waals surface area contributed by atoms with Crippen molar-refractivity contribution in [3.05, 3.63) is 29.8 Å². The predicted molar refractivity (Wildman–Crippen MR) is 66.4 cm³/mol. The van der Waals surface area contributed by atoms with Gasteiger partial charge in [-0.05, 0) is 24.1 Å². The molecule has 0 spiro atoms. The molecule has 0 saturated carbocycles. The van der Waals surface area contributed by atoms with E-state index in [9.17, 15) is 4.79 Å². The number of hydrogen-bond acceptors (Lipinski definition) is 3. The Balaban J connectivity index is 2.16. The minimum Gasteiger partial charge on any atom is -0.482 e. The van der Waals surface area contributed by atoms with E-state index in [4.69, 9.17) is 9.47 Å². The van der Waals surface area contributed by atoms with Crippen LogP contribution < -0.4 is 9.47 Å². The summed E-state index contributed by atoms with van der Waals surface area (Å²) in [6.07, 6.45) is 6.38. The summed E-state index contributed by atoms with van der Waals surface area (Å²) in [6, 6.07) is 5.71. The van der Waals surface area contributed by atoms with Gasteiger partial charge in [0.15, 0.2) is 24.7 Å². The van der Waals surface area contributed by atoms with E-state index in [1.54, 1.807) is 0 Å². The molecule has 0 saturated heterocycles. The van der Waals surface area contributed by atoms with Crippen molar-refractivity contribution in [2.45, 2.75) is 19.8 Å². The highest BCUT2D eigenvalue weighted by atomic mass is 16.5. The molecule has 1 aromatic rings. The topological polar surface area (TPSA) is 35.5 Å². The molecule has 1 heterocycles. The lowest BCUT2D eigenvalue weighted by Gasteiger charge is -2.06. The molecule has 0 fully saturated rings. The van der Waals surface area contributed by atoms with Gasteiger partial charge in [0, 0.05) is 0 Å². The van der Waals surface area contributed by atoms with E-state index in [0.29, 0.717) is 11.5 Å². The molecule has 0 bridgehead atoms. The van der Waals surface area contributed by atoms with Gasteiger partial charge in [0.1, 0.15) is 0 Å². The van der Waals surface area contributed by atoms with E-state index in [-0.39, 0.29) is 19.0 Å². The van der Waals surface area contributed by atoms with Crippen LogP contribution >= 0.6 is 0 Å². The van der Waals surface area contributed by atoms with Gasteiger partial charge in [0.2, 0.25) is 5.78 Å². The maximum Gasteiger partial charge on any atom is 0.207 e. The molecule has 17 heavy (non-hydrogen) atoms. The molecule has 90 valence electrons. The minimum atomic E-state index is -0.0377. The Morgan fingerprint density at radius 1 is 1.24 bits per heavy atom. The number of benzene rings is 1. The van der Waals surface area contributed by atoms with Crippen molar-refractivity contribution in [1.29, 1.82) is 0 Å². The van der Waals surface area contributed by atoms with Crippen LogP contribution in [0.3, 0.4) is 0 Å². The summed E-state index contributed by atoms with van der Waals surface area (Å²) in [4.78, 5) is 11.2. The monoisotopic (exact) mass is 232 g/mol. The molecule has 0 N–H and O–H groups in total. The number of ketones is 1. The zero-order valence-electron chi connectivity index (χ0n) is 9.94. The fraction of sp³-hybridized carbons (Fsp3) is 0.357. The summed E-state index contributed by atoms with van der Waals surface area (Å²) in [6.45, 7) is 2.33. The molecule has 3 heteroatoms. The summed E-state index contributed by atoms with van der Waals surface area (Å²) in [5, 5.41) is 0. The second-order valence-electron chi connectivity index (χ2n) is 4.01. The van der Waals surface area contributed by atoms with Crippen LogP contribution in [0.5, 0.6) is 11.5 Å². The first-order valence-electron chi connectivity index (χ1n) is 5.87. The normalized spacial score (nSPS) is 15.0. The highest BCUT2D eigenvalue weighted by Gasteiger charge is 2.14. The van der Waals surface area contributed by atoms with Gasteiger partial charge in [-0.3, -0.25) is 4.79 Å². The van der Waals surface area contributed by atoms with Crippen molar-refractivity contribution in [1.82, 2.24) is 0 Å². The minimum absolute atomic E-state index is 0.0377. The third-order valence-electron chi connectivity index (χ3n) is 2.51. The Hall–Kier alpha value is -1.77. The number of unbranched alkanes of at least 4 members (excludes halogenated alkanes) is 1. The van der Waals surface area contributed by atoms with Gasteiger partial charge in [-0.1, -0.05) is 31.6 Å². The molecular weight excluding hydrogens is 216 g/mol. The highest BCUT2D eigenvalue weighted by Crippen LogP contribution is 2.30. The molecule has 0 aliphatic carbocycles. The van der Waals surface area contributed by atoms with Crippen molar-refractivity contribution in [3.63, 3.8) is 0 Å². The van der Waals surface area contributed by atoms with E-state index >= 15 is 0 Å². The Kier molecular flexibility index (Phi) is 3.81. The molecule has 1 aliphatic heterocycles. The fourth-order valence-electron chi connectivity index (χ4n) is 1.60. The van der Waals surface area contributed by atoms with E-state index in [1.165, 1.54) is 0 Å². The fourth-order valence-corrected chi connectivity index (χ4v) is 1.60.